The summed E-state index contributed by atoms with van der Waals surface area (Å²) in [6.07, 6.45) is 3.71. The second-order valence-electron chi connectivity index (χ2n) is 4.14. The van der Waals surface area contributed by atoms with Gasteiger partial charge in [0.2, 0.25) is 0 Å². The van der Waals surface area contributed by atoms with Crippen LogP contribution in [-0.2, 0) is 0 Å². The van der Waals surface area contributed by atoms with Crippen LogP contribution in [-0.4, -0.2) is 18.1 Å². The van der Waals surface area contributed by atoms with Crippen LogP contribution in [0.4, 0.5) is 0 Å². The number of aliphatic imine (C=N–C) groups is 2. The van der Waals surface area contributed by atoms with Crippen LogP contribution >= 0.6 is 0 Å². The van der Waals surface area contributed by atoms with Gasteiger partial charge in [0.1, 0.15) is 0 Å². The highest BCUT2D eigenvalue weighted by Gasteiger charge is 2.24. The van der Waals surface area contributed by atoms with Crippen molar-refractivity contribution in [3.05, 3.63) is 0 Å². The van der Waals surface area contributed by atoms with Crippen LogP contribution in [0.15, 0.2) is 9.98 Å². The molecule has 68 valence electrons. The molecule has 0 saturated heterocycles. The van der Waals surface area contributed by atoms with Crippen molar-refractivity contribution in [3.63, 3.8) is 0 Å². The average Bonchev–Trinajstić information content (AvgIpc) is 2.06. The molecule has 1 rings (SSSR count). The van der Waals surface area contributed by atoms with E-state index in [1.54, 1.807) is 0 Å². The Hall–Kier alpha value is -0.620. The smallest absolute Gasteiger partial charge is 0.0898 e. The summed E-state index contributed by atoms with van der Waals surface area (Å²) in [5, 5.41) is 0. The van der Waals surface area contributed by atoms with Gasteiger partial charge < -0.3 is 0 Å². The van der Waals surface area contributed by atoms with Gasteiger partial charge in [0.05, 0.1) is 11.5 Å². The quantitative estimate of drug-likeness (QED) is 0.528. The first-order valence-electron chi connectivity index (χ1n) is 4.76. The Labute approximate surface area is 74.8 Å². The summed E-state index contributed by atoms with van der Waals surface area (Å²) in [7, 11) is 0. The van der Waals surface area contributed by atoms with Crippen LogP contribution in [0.25, 0.3) is 0 Å². The Morgan fingerprint density at radius 1 is 1.33 bits per heavy atom. The van der Waals surface area contributed by atoms with Crippen molar-refractivity contribution in [2.75, 3.05) is 6.54 Å². The van der Waals surface area contributed by atoms with E-state index in [0.717, 1.165) is 6.54 Å². The summed E-state index contributed by atoms with van der Waals surface area (Å²) in [6.45, 7) is 7.47. The maximum Gasteiger partial charge on any atom is 0.0898 e. The molecule has 1 aliphatic rings. The van der Waals surface area contributed by atoms with Crippen molar-refractivity contribution >= 4 is 6.01 Å². The van der Waals surface area contributed by atoms with Crippen LogP contribution in [0.1, 0.15) is 40.0 Å². The minimum Gasteiger partial charge on any atom is -0.226 e. The van der Waals surface area contributed by atoms with Crippen molar-refractivity contribution in [3.8, 4) is 0 Å². The number of nitrogens with zero attached hydrogens (tertiary/aromatic N) is 2. The zero-order valence-corrected chi connectivity index (χ0v) is 8.30. The minimum absolute atomic E-state index is 0.0217. The summed E-state index contributed by atoms with van der Waals surface area (Å²) >= 11 is 0. The molecule has 1 heterocycles. The molecule has 0 amide bonds. The summed E-state index contributed by atoms with van der Waals surface area (Å²) < 4.78 is 0. The fourth-order valence-electron chi connectivity index (χ4n) is 1.32. The van der Waals surface area contributed by atoms with Gasteiger partial charge in [-0.2, -0.15) is 0 Å². The molecular formula is C10H18N2. The largest absolute Gasteiger partial charge is 0.226 e. The molecule has 0 aromatic rings. The molecule has 0 fully saturated rings. The van der Waals surface area contributed by atoms with Gasteiger partial charge in [0.15, 0.2) is 0 Å². The third-order valence-corrected chi connectivity index (χ3v) is 2.77. The van der Waals surface area contributed by atoms with Gasteiger partial charge in [-0.15, -0.1) is 0 Å². The molecule has 0 bridgehead atoms. The first kappa shape index (κ1) is 9.47. The predicted molar refractivity (Wildman–Crippen MR) is 51.8 cm³/mol. The van der Waals surface area contributed by atoms with Gasteiger partial charge in [0, 0.05) is 6.54 Å². The number of hydrogen-bond donors (Lipinski definition) is 0. The summed E-state index contributed by atoms with van der Waals surface area (Å²) in [6, 6.07) is 2.80. The highest BCUT2D eigenvalue weighted by atomic mass is 14.9. The SMILES string of the molecule is CC1CCCCN=C=NC1(C)C. The molecule has 0 saturated carbocycles. The normalized spacial score (nSPS) is 29.1. The summed E-state index contributed by atoms with van der Waals surface area (Å²) in [4.78, 5) is 8.44. The van der Waals surface area contributed by atoms with Crippen molar-refractivity contribution in [2.24, 2.45) is 15.9 Å². The highest BCUT2D eigenvalue weighted by molar-refractivity contribution is 5.42. The summed E-state index contributed by atoms with van der Waals surface area (Å²) in [5.41, 5.74) is 0.0217. The molecular weight excluding hydrogens is 148 g/mol. The second kappa shape index (κ2) is 3.86. The van der Waals surface area contributed by atoms with E-state index in [-0.39, 0.29) is 5.54 Å². The van der Waals surface area contributed by atoms with E-state index < -0.39 is 0 Å². The van der Waals surface area contributed by atoms with Crippen LogP contribution in [0.5, 0.6) is 0 Å². The fraction of sp³-hybridized carbons (Fsp3) is 0.900. The van der Waals surface area contributed by atoms with Crippen LogP contribution in [0.3, 0.4) is 0 Å². The van der Waals surface area contributed by atoms with Crippen LogP contribution in [0.2, 0.25) is 0 Å². The van der Waals surface area contributed by atoms with Gasteiger partial charge in [-0.1, -0.05) is 13.3 Å². The molecule has 2 nitrogen and oxygen atoms in total. The van der Waals surface area contributed by atoms with Crippen LogP contribution in [0, 0.1) is 5.92 Å². The molecule has 0 aromatic carbocycles. The third kappa shape index (κ3) is 2.46. The lowest BCUT2D eigenvalue weighted by Gasteiger charge is -2.25. The lowest BCUT2D eigenvalue weighted by atomic mass is 9.86. The topological polar surface area (TPSA) is 24.7 Å². The summed E-state index contributed by atoms with van der Waals surface area (Å²) in [5.74, 6) is 0.637. The molecule has 1 unspecified atom stereocenters. The van der Waals surface area contributed by atoms with Gasteiger partial charge >= 0.3 is 0 Å². The van der Waals surface area contributed by atoms with Crippen molar-refractivity contribution in [1.29, 1.82) is 0 Å². The Balaban J connectivity index is 2.73. The molecule has 2 heteroatoms. The standard InChI is InChI=1S/C10H18N2/c1-9-6-4-5-7-11-8-12-10(9,2)3/h9H,4-7H2,1-3H3. The zero-order valence-electron chi connectivity index (χ0n) is 8.30. The first-order chi connectivity index (χ1) is 5.63. The molecule has 1 aliphatic heterocycles. The highest BCUT2D eigenvalue weighted by Crippen LogP contribution is 2.25. The maximum absolute atomic E-state index is 4.34. The molecule has 0 radical (unpaired) electrons. The van der Waals surface area contributed by atoms with Crippen molar-refractivity contribution < 1.29 is 0 Å². The third-order valence-electron chi connectivity index (χ3n) is 2.77. The van der Waals surface area contributed by atoms with Gasteiger partial charge in [-0.05, 0) is 32.6 Å². The van der Waals surface area contributed by atoms with Crippen molar-refractivity contribution in [2.45, 2.75) is 45.6 Å². The molecule has 0 spiro atoms. The number of hydrogen-bond acceptors (Lipinski definition) is 2. The van der Waals surface area contributed by atoms with E-state index in [4.69, 9.17) is 0 Å². The minimum atomic E-state index is 0.0217. The monoisotopic (exact) mass is 166 g/mol. The first-order valence-corrected chi connectivity index (χ1v) is 4.76. The average molecular weight is 166 g/mol. The van der Waals surface area contributed by atoms with E-state index >= 15 is 0 Å². The van der Waals surface area contributed by atoms with Crippen LogP contribution < -0.4 is 0 Å². The van der Waals surface area contributed by atoms with Gasteiger partial charge in [-0.3, -0.25) is 0 Å². The Kier molecular flexibility index (Phi) is 3.05. The molecule has 0 aromatic heterocycles. The second-order valence-corrected chi connectivity index (χ2v) is 4.14. The number of rotatable bonds is 0. The Bertz CT molecular complexity index is 200. The fourth-order valence-corrected chi connectivity index (χ4v) is 1.32. The van der Waals surface area contributed by atoms with E-state index in [1.807, 2.05) is 0 Å². The molecule has 12 heavy (non-hydrogen) atoms. The van der Waals surface area contributed by atoms with E-state index in [0.29, 0.717) is 5.92 Å². The van der Waals surface area contributed by atoms with Gasteiger partial charge in [0.25, 0.3) is 0 Å². The van der Waals surface area contributed by atoms with Crippen molar-refractivity contribution in [1.82, 2.24) is 0 Å². The molecule has 0 N–H and O–H groups in total. The lowest BCUT2D eigenvalue weighted by molar-refractivity contribution is 0.324. The lowest BCUT2D eigenvalue weighted by Crippen LogP contribution is -2.26. The van der Waals surface area contributed by atoms with E-state index in [9.17, 15) is 0 Å². The van der Waals surface area contributed by atoms with E-state index in [1.165, 1.54) is 19.3 Å². The maximum atomic E-state index is 4.34. The molecule has 1 atom stereocenters. The van der Waals surface area contributed by atoms with E-state index in [2.05, 4.69) is 36.8 Å². The predicted octanol–water partition coefficient (Wildman–Crippen LogP) is 2.76. The van der Waals surface area contributed by atoms with Gasteiger partial charge in [-0.25, -0.2) is 9.98 Å². The zero-order chi connectivity index (χ0) is 9.03. The Morgan fingerprint density at radius 2 is 2.08 bits per heavy atom. The molecule has 0 aliphatic carbocycles. The Morgan fingerprint density at radius 3 is 2.83 bits per heavy atom.